The second-order valence-electron chi connectivity index (χ2n) is 8.79. The summed E-state index contributed by atoms with van der Waals surface area (Å²) < 4.78 is 35.2. The van der Waals surface area contributed by atoms with E-state index in [0.29, 0.717) is 11.3 Å². The first-order valence-corrected chi connectivity index (χ1v) is 10.7. The predicted octanol–water partition coefficient (Wildman–Crippen LogP) is 4.43. The molecule has 1 aromatic heterocycles. The van der Waals surface area contributed by atoms with Crippen LogP contribution in [0.4, 0.5) is 8.78 Å². The molecule has 4 rings (SSSR count). The maximum atomic E-state index is 14.9. The van der Waals surface area contributed by atoms with Gasteiger partial charge in [0.2, 0.25) is 0 Å². The number of ether oxygens (including phenoxy) is 1. The molecule has 0 spiro atoms. The summed E-state index contributed by atoms with van der Waals surface area (Å²) in [6, 6.07) is 13.0. The van der Waals surface area contributed by atoms with Crippen LogP contribution >= 0.6 is 0 Å². The fourth-order valence-corrected chi connectivity index (χ4v) is 5.27. The van der Waals surface area contributed by atoms with Crippen molar-refractivity contribution in [2.45, 2.75) is 32.3 Å². The number of aromatic nitrogens is 1. The Morgan fingerprint density at radius 1 is 1.28 bits per heavy atom. The van der Waals surface area contributed by atoms with Crippen molar-refractivity contribution in [1.82, 2.24) is 4.98 Å². The molecule has 166 valence electrons. The summed E-state index contributed by atoms with van der Waals surface area (Å²) >= 11 is 0. The van der Waals surface area contributed by atoms with Crippen LogP contribution in [-0.4, -0.2) is 29.5 Å². The highest BCUT2D eigenvalue weighted by atomic mass is 19.3. The third-order valence-electron chi connectivity index (χ3n) is 7.05. The molecule has 7 heteroatoms. The van der Waals surface area contributed by atoms with Gasteiger partial charge in [-0.3, -0.25) is 9.78 Å². The number of rotatable bonds is 4. The van der Waals surface area contributed by atoms with Crippen LogP contribution in [0.15, 0.2) is 48.7 Å². The van der Waals surface area contributed by atoms with Crippen LogP contribution in [0.2, 0.25) is 0 Å². The van der Waals surface area contributed by atoms with Crippen LogP contribution in [0, 0.1) is 34.5 Å². The number of nitriles is 1. The van der Waals surface area contributed by atoms with Crippen molar-refractivity contribution < 1.29 is 18.3 Å². The number of nitrogens with zero attached hydrogens (tertiary/aromatic N) is 2. The van der Waals surface area contributed by atoms with Gasteiger partial charge in [-0.25, -0.2) is 8.78 Å². The average molecular weight is 437 g/mol. The SMILES string of the molecule is C[C@H]1OC(=O)[C@]2(CN)CC(F)(F)[C@@H](C)[C@H](/C=C/c3ccc(-c4ccccc4C#N)cn3)C12. The zero-order valence-corrected chi connectivity index (χ0v) is 18.0. The number of hydrogen-bond acceptors (Lipinski definition) is 5. The Morgan fingerprint density at radius 3 is 2.69 bits per heavy atom. The number of halogens is 2. The number of carbonyl (C=O) groups excluding carboxylic acids is 1. The second-order valence-corrected chi connectivity index (χ2v) is 8.79. The van der Waals surface area contributed by atoms with Crippen molar-refractivity contribution in [2.24, 2.45) is 28.9 Å². The summed E-state index contributed by atoms with van der Waals surface area (Å²) in [4.78, 5) is 16.9. The minimum atomic E-state index is -3.04. The van der Waals surface area contributed by atoms with E-state index in [1.807, 2.05) is 18.2 Å². The number of benzene rings is 1. The predicted molar refractivity (Wildman–Crippen MR) is 116 cm³/mol. The largest absolute Gasteiger partial charge is 0.462 e. The Labute approximate surface area is 185 Å². The molecule has 5 nitrogen and oxygen atoms in total. The Hall–Kier alpha value is -3.11. The number of fused-ring (bicyclic) bond motifs is 1. The molecule has 0 amide bonds. The molecule has 2 aromatic rings. The van der Waals surface area contributed by atoms with Gasteiger partial charge in [-0.05, 0) is 31.1 Å². The van der Waals surface area contributed by atoms with Crippen LogP contribution in [0.3, 0.4) is 0 Å². The van der Waals surface area contributed by atoms with E-state index in [2.05, 4.69) is 11.1 Å². The zero-order chi connectivity index (χ0) is 23.1. The number of cyclic esters (lactones) is 1. The fraction of sp³-hybridized carbons (Fsp3) is 0.400. The number of allylic oxidation sites excluding steroid dienone is 1. The molecule has 2 aliphatic rings. The first-order valence-electron chi connectivity index (χ1n) is 10.7. The monoisotopic (exact) mass is 437 g/mol. The number of alkyl halides is 2. The van der Waals surface area contributed by atoms with Gasteiger partial charge in [-0.2, -0.15) is 5.26 Å². The third kappa shape index (κ3) is 3.49. The molecule has 2 heterocycles. The maximum absolute atomic E-state index is 14.9. The number of hydrogen-bond donors (Lipinski definition) is 1. The molecule has 1 aromatic carbocycles. The van der Waals surface area contributed by atoms with Gasteiger partial charge in [0.05, 0.1) is 22.7 Å². The Balaban J connectivity index is 1.64. The van der Waals surface area contributed by atoms with Gasteiger partial charge in [0.1, 0.15) is 6.10 Å². The summed E-state index contributed by atoms with van der Waals surface area (Å²) in [6.45, 7) is 3.09. The minimum absolute atomic E-state index is 0.168. The van der Waals surface area contributed by atoms with E-state index < -0.39 is 47.6 Å². The van der Waals surface area contributed by atoms with Crippen LogP contribution in [0.1, 0.15) is 31.5 Å². The molecule has 1 saturated carbocycles. The Kier molecular flexibility index (Phi) is 5.59. The van der Waals surface area contributed by atoms with E-state index in [0.717, 1.165) is 11.1 Å². The smallest absolute Gasteiger partial charge is 0.314 e. The molecular weight excluding hydrogens is 412 g/mol. The fourth-order valence-electron chi connectivity index (χ4n) is 5.27. The van der Waals surface area contributed by atoms with Gasteiger partial charge in [-0.15, -0.1) is 0 Å². The van der Waals surface area contributed by atoms with E-state index in [1.54, 1.807) is 43.5 Å². The Morgan fingerprint density at radius 2 is 2.03 bits per heavy atom. The van der Waals surface area contributed by atoms with Gasteiger partial charge in [-0.1, -0.05) is 37.3 Å². The lowest BCUT2D eigenvalue weighted by molar-refractivity contribution is -0.169. The number of esters is 1. The molecular formula is C25H25F2N3O2. The van der Waals surface area contributed by atoms with E-state index >= 15 is 0 Å². The number of carbonyl (C=O) groups is 1. The van der Waals surface area contributed by atoms with Crippen LogP contribution < -0.4 is 5.73 Å². The summed E-state index contributed by atoms with van der Waals surface area (Å²) in [6.07, 6.45) is 4.01. The van der Waals surface area contributed by atoms with Crippen LogP contribution in [-0.2, 0) is 9.53 Å². The molecule has 1 unspecified atom stereocenters. The standard InChI is InChI=1S/C25H25F2N3O2/c1-15-20(22-16(2)32-23(31)24(22,14-29)13-25(15,26)27)10-9-19-8-7-18(12-30-19)21-6-4-3-5-17(21)11-28/h3-10,12,15-16,20,22H,13-14,29H2,1-2H3/b10-9+/t15-,16+,20-,22?,24-/m0/s1. The van der Waals surface area contributed by atoms with Crippen LogP contribution in [0.5, 0.6) is 0 Å². The lowest BCUT2D eigenvalue weighted by atomic mass is 9.56. The first kappa shape index (κ1) is 22.1. The minimum Gasteiger partial charge on any atom is -0.462 e. The number of nitrogens with two attached hydrogens (primary N) is 1. The molecule has 32 heavy (non-hydrogen) atoms. The molecule has 1 saturated heterocycles. The van der Waals surface area contributed by atoms with E-state index in [4.69, 9.17) is 10.5 Å². The molecule has 2 N–H and O–H groups in total. The van der Waals surface area contributed by atoms with E-state index in [9.17, 15) is 18.8 Å². The lowest BCUT2D eigenvalue weighted by Gasteiger charge is -2.47. The van der Waals surface area contributed by atoms with Crippen molar-refractivity contribution in [2.75, 3.05) is 6.54 Å². The zero-order valence-electron chi connectivity index (χ0n) is 18.0. The quantitative estimate of drug-likeness (QED) is 0.715. The van der Waals surface area contributed by atoms with Gasteiger partial charge < -0.3 is 10.5 Å². The third-order valence-corrected chi connectivity index (χ3v) is 7.05. The van der Waals surface area contributed by atoms with Gasteiger partial charge in [0.15, 0.2) is 0 Å². The summed E-state index contributed by atoms with van der Waals surface area (Å²) in [5.41, 5.74) is 7.22. The highest BCUT2D eigenvalue weighted by Gasteiger charge is 2.67. The maximum Gasteiger partial charge on any atom is 0.314 e. The van der Waals surface area contributed by atoms with Gasteiger partial charge >= 0.3 is 5.97 Å². The highest BCUT2D eigenvalue weighted by molar-refractivity contribution is 5.80. The van der Waals surface area contributed by atoms with Gasteiger partial charge in [0.25, 0.3) is 5.92 Å². The van der Waals surface area contributed by atoms with Crippen molar-refractivity contribution in [3.05, 3.63) is 59.9 Å². The van der Waals surface area contributed by atoms with Crippen LogP contribution in [0.25, 0.3) is 17.2 Å². The van der Waals surface area contributed by atoms with E-state index in [-0.39, 0.29) is 6.54 Å². The van der Waals surface area contributed by atoms with Crippen molar-refractivity contribution in [1.29, 1.82) is 5.26 Å². The molecule has 0 radical (unpaired) electrons. The summed E-state index contributed by atoms with van der Waals surface area (Å²) in [7, 11) is 0. The normalized spacial score (nSPS) is 31.2. The molecule has 1 aliphatic heterocycles. The van der Waals surface area contributed by atoms with Crippen molar-refractivity contribution >= 4 is 12.0 Å². The topological polar surface area (TPSA) is 89.0 Å². The van der Waals surface area contributed by atoms with Gasteiger partial charge in [0, 0.05) is 42.1 Å². The number of pyridine rings is 1. The first-order chi connectivity index (χ1) is 15.2. The second kappa shape index (κ2) is 8.10. The lowest BCUT2D eigenvalue weighted by Crippen LogP contribution is -2.56. The molecule has 2 fully saturated rings. The molecule has 1 aliphatic carbocycles. The summed E-state index contributed by atoms with van der Waals surface area (Å²) in [5, 5.41) is 9.30. The van der Waals surface area contributed by atoms with E-state index in [1.165, 1.54) is 6.92 Å². The average Bonchev–Trinajstić information content (AvgIpc) is 3.03. The summed E-state index contributed by atoms with van der Waals surface area (Å²) in [5.74, 6) is -5.65. The van der Waals surface area contributed by atoms with Crippen molar-refractivity contribution in [3.8, 4) is 17.2 Å². The highest BCUT2D eigenvalue weighted by Crippen LogP contribution is 2.58. The molecule has 0 bridgehead atoms. The van der Waals surface area contributed by atoms with Crippen molar-refractivity contribution in [3.63, 3.8) is 0 Å². The Bertz CT molecular complexity index is 1090. The molecule has 5 atom stereocenters.